The van der Waals surface area contributed by atoms with Crippen LogP contribution in [0.3, 0.4) is 0 Å². The minimum absolute atomic E-state index is 0. The molecule has 4 rings (SSSR count). The van der Waals surface area contributed by atoms with Gasteiger partial charge in [-0.1, -0.05) is 60.7 Å². The minimum Gasteiger partial charge on any atom is -0.507 e. The summed E-state index contributed by atoms with van der Waals surface area (Å²) >= 11 is 0. The molecule has 0 spiro atoms. The molecule has 7 heteroatoms. The van der Waals surface area contributed by atoms with E-state index in [9.17, 15) is 20.4 Å². The average Bonchev–Trinajstić information content (AvgIpc) is 2.88. The molecule has 0 aliphatic rings. The van der Waals surface area contributed by atoms with Crippen LogP contribution in [0.2, 0.25) is 0 Å². The van der Waals surface area contributed by atoms with Crippen molar-refractivity contribution in [3.05, 3.63) is 83.9 Å². The molecule has 0 unspecified atom stereocenters. The van der Waals surface area contributed by atoms with Crippen LogP contribution >= 0.6 is 0 Å². The van der Waals surface area contributed by atoms with Gasteiger partial charge in [0.05, 0.1) is 24.3 Å². The van der Waals surface area contributed by atoms with Crippen LogP contribution in [0.1, 0.15) is 38.8 Å². The zero-order valence-corrected chi connectivity index (χ0v) is 22.7. The standard InChI is InChI=1S/2C15H17NO2.Mn/c2*1-15(2,10-17)16-9-13-12-6-4-3-5-11(12)7-8-14(13)18;/h2*3-9,17-18H,10H2,1-2H3;. The Hall–Kier alpha value is -3.22. The zero-order valence-electron chi connectivity index (χ0n) is 21.6. The van der Waals surface area contributed by atoms with Crippen molar-refractivity contribution in [2.45, 2.75) is 38.8 Å². The third-order valence-corrected chi connectivity index (χ3v) is 5.76. The summed E-state index contributed by atoms with van der Waals surface area (Å²) in [6.45, 7) is 7.29. The summed E-state index contributed by atoms with van der Waals surface area (Å²) in [6, 6.07) is 22.7. The number of phenolic OH excluding ortho intramolecular Hbond substituents is 2. The molecule has 0 aromatic heterocycles. The number of aliphatic hydroxyl groups excluding tert-OH is 2. The molecule has 0 saturated carbocycles. The van der Waals surface area contributed by atoms with E-state index in [2.05, 4.69) is 9.98 Å². The van der Waals surface area contributed by atoms with Gasteiger partial charge < -0.3 is 20.4 Å². The molecule has 0 aliphatic carbocycles. The van der Waals surface area contributed by atoms with Crippen LogP contribution in [0.5, 0.6) is 11.5 Å². The van der Waals surface area contributed by atoms with Gasteiger partial charge in [-0.25, -0.2) is 0 Å². The van der Waals surface area contributed by atoms with Gasteiger partial charge in [0.1, 0.15) is 11.5 Å². The first kappa shape index (κ1) is 30.0. The number of fused-ring (bicyclic) bond motifs is 2. The number of hydrogen-bond donors (Lipinski definition) is 4. The molecule has 195 valence electrons. The van der Waals surface area contributed by atoms with Crippen LogP contribution < -0.4 is 0 Å². The molecule has 0 atom stereocenters. The van der Waals surface area contributed by atoms with Gasteiger partial charge in [0, 0.05) is 40.6 Å². The fraction of sp³-hybridized carbons (Fsp3) is 0.267. The van der Waals surface area contributed by atoms with Crippen LogP contribution in [0.4, 0.5) is 0 Å². The molecule has 0 aliphatic heterocycles. The summed E-state index contributed by atoms with van der Waals surface area (Å²) in [6.07, 6.45) is 3.27. The molecule has 37 heavy (non-hydrogen) atoms. The number of aliphatic hydroxyl groups is 2. The van der Waals surface area contributed by atoms with Crippen LogP contribution in [0.25, 0.3) is 21.5 Å². The van der Waals surface area contributed by atoms with Crippen molar-refractivity contribution in [1.82, 2.24) is 0 Å². The first-order valence-electron chi connectivity index (χ1n) is 11.8. The molecule has 0 saturated heterocycles. The molecule has 4 aromatic rings. The molecule has 0 heterocycles. The average molecular weight is 542 g/mol. The molecule has 0 fully saturated rings. The summed E-state index contributed by atoms with van der Waals surface area (Å²) in [5, 5.41) is 42.2. The van der Waals surface area contributed by atoms with Gasteiger partial charge in [0.25, 0.3) is 0 Å². The van der Waals surface area contributed by atoms with Crippen molar-refractivity contribution < 1.29 is 37.5 Å². The minimum atomic E-state index is -0.538. The predicted molar refractivity (Wildman–Crippen MR) is 149 cm³/mol. The normalized spacial score (nSPS) is 12.1. The maximum absolute atomic E-state index is 9.92. The zero-order chi connectivity index (χ0) is 26.3. The van der Waals surface area contributed by atoms with E-state index in [-0.39, 0.29) is 41.8 Å². The van der Waals surface area contributed by atoms with Gasteiger partial charge in [-0.2, -0.15) is 0 Å². The second-order valence-electron chi connectivity index (χ2n) is 9.90. The Morgan fingerprint density at radius 3 is 1.30 bits per heavy atom. The van der Waals surface area contributed by atoms with Crippen LogP contribution in [-0.4, -0.2) is 57.1 Å². The van der Waals surface area contributed by atoms with E-state index in [0.717, 1.165) is 21.5 Å². The Balaban J connectivity index is 0.000000253. The van der Waals surface area contributed by atoms with Gasteiger partial charge in [0.2, 0.25) is 0 Å². The summed E-state index contributed by atoms with van der Waals surface area (Å²) in [5.41, 5.74) is 0.302. The van der Waals surface area contributed by atoms with E-state index < -0.39 is 11.1 Å². The van der Waals surface area contributed by atoms with Crippen molar-refractivity contribution >= 4 is 34.0 Å². The van der Waals surface area contributed by atoms with Crippen molar-refractivity contribution in [2.24, 2.45) is 9.98 Å². The summed E-state index contributed by atoms with van der Waals surface area (Å²) < 4.78 is 0. The fourth-order valence-corrected chi connectivity index (χ4v) is 3.40. The van der Waals surface area contributed by atoms with Gasteiger partial charge in [-0.15, -0.1) is 0 Å². The number of phenols is 2. The second kappa shape index (κ2) is 12.8. The number of nitrogens with zero attached hydrogens (tertiary/aromatic N) is 2. The molecule has 4 N–H and O–H groups in total. The molecular formula is C30H34MnN2O4. The molecule has 0 bridgehead atoms. The van der Waals surface area contributed by atoms with Crippen molar-refractivity contribution in [3.63, 3.8) is 0 Å². The van der Waals surface area contributed by atoms with E-state index in [0.29, 0.717) is 11.1 Å². The third-order valence-electron chi connectivity index (χ3n) is 5.76. The topological polar surface area (TPSA) is 106 Å². The maximum atomic E-state index is 9.92. The van der Waals surface area contributed by atoms with E-state index >= 15 is 0 Å². The van der Waals surface area contributed by atoms with Crippen LogP contribution in [0.15, 0.2) is 82.8 Å². The molecule has 4 aromatic carbocycles. The van der Waals surface area contributed by atoms with Gasteiger partial charge in [0.15, 0.2) is 0 Å². The van der Waals surface area contributed by atoms with Gasteiger partial charge >= 0.3 is 0 Å². The molecule has 0 amide bonds. The quantitative estimate of drug-likeness (QED) is 0.192. The van der Waals surface area contributed by atoms with E-state index in [1.54, 1.807) is 24.6 Å². The Bertz CT molecular complexity index is 1290. The fourth-order valence-electron chi connectivity index (χ4n) is 3.40. The summed E-state index contributed by atoms with van der Waals surface area (Å²) in [7, 11) is 0. The number of hydrogen-bond acceptors (Lipinski definition) is 6. The predicted octanol–water partition coefficient (Wildman–Crippen LogP) is 5.47. The molecular weight excluding hydrogens is 507 g/mol. The second-order valence-corrected chi connectivity index (χ2v) is 9.90. The van der Waals surface area contributed by atoms with E-state index in [1.807, 2.05) is 88.4 Å². The molecule has 6 nitrogen and oxygen atoms in total. The number of aliphatic imine (C=N–C) groups is 2. The van der Waals surface area contributed by atoms with Crippen LogP contribution in [0, 0.1) is 0 Å². The summed E-state index contributed by atoms with van der Waals surface area (Å²) in [5.74, 6) is 0.400. The van der Waals surface area contributed by atoms with Gasteiger partial charge in [-0.05, 0) is 61.4 Å². The van der Waals surface area contributed by atoms with Crippen LogP contribution in [-0.2, 0) is 17.1 Å². The van der Waals surface area contributed by atoms with E-state index in [4.69, 9.17) is 0 Å². The maximum Gasteiger partial charge on any atom is 0.124 e. The smallest absolute Gasteiger partial charge is 0.124 e. The van der Waals surface area contributed by atoms with Crippen molar-refractivity contribution in [1.29, 1.82) is 0 Å². The van der Waals surface area contributed by atoms with Crippen molar-refractivity contribution in [3.8, 4) is 11.5 Å². The first-order valence-corrected chi connectivity index (χ1v) is 11.8. The van der Waals surface area contributed by atoms with Crippen molar-refractivity contribution in [2.75, 3.05) is 13.2 Å². The third kappa shape index (κ3) is 7.88. The Labute approximate surface area is 228 Å². The number of rotatable bonds is 6. The van der Waals surface area contributed by atoms with E-state index in [1.165, 1.54) is 0 Å². The molecule has 1 radical (unpaired) electrons. The Morgan fingerprint density at radius 1 is 0.595 bits per heavy atom. The monoisotopic (exact) mass is 541 g/mol. The summed E-state index contributed by atoms with van der Waals surface area (Å²) in [4.78, 5) is 8.64. The first-order chi connectivity index (χ1) is 17.1. The van der Waals surface area contributed by atoms with Gasteiger partial charge in [-0.3, -0.25) is 9.98 Å². The number of aromatic hydroxyl groups is 2. The SMILES string of the molecule is CC(C)(CO)N=Cc1c(O)ccc2ccccc12.CC(C)(CO)N=Cc1c(O)ccc2ccccc12.[Mn]. The number of benzene rings is 4. The Kier molecular flexibility index (Phi) is 10.4. The Morgan fingerprint density at radius 2 is 0.946 bits per heavy atom. The largest absolute Gasteiger partial charge is 0.507 e.